The fourth-order valence-corrected chi connectivity index (χ4v) is 2.27. The van der Waals surface area contributed by atoms with Crippen molar-refractivity contribution < 1.29 is 9.53 Å². The van der Waals surface area contributed by atoms with Gasteiger partial charge in [0.25, 0.3) is 0 Å². The second kappa shape index (κ2) is 6.21. The summed E-state index contributed by atoms with van der Waals surface area (Å²) in [4.78, 5) is 13.6. The summed E-state index contributed by atoms with van der Waals surface area (Å²) in [6.45, 7) is 2.84. The fraction of sp³-hybridized carbons (Fsp3) is 0.214. The minimum Gasteiger partial charge on any atom is -0.444 e. The molecule has 3 nitrogen and oxygen atoms in total. The number of hydrogen-bond donors (Lipinski definition) is 0. The van der Waals surface area contributed by atoms with Crippen molar-refractivity contribution in [3.63, 3.8) is 0 Å². The van der Waals surface area contributed by atoms with Crippen LogP contribution >= 0.6 is 11.3 Å². The second-order valence-electron chi connectivity index (χ2n) is 3.77. The monoisotopic (exact) mass is 261 g/mol. The molecule has 0 saturated heterocycles. The maximum Gasteiger partial charge on any atom is 0.414 e. The molecule has 0 aliphatic carbocycles. The molecule has 1 aromatic carbocycles. The van der Waals surface area contributed by atoms with E-state index in [1.54, 1.807) is 16.2 Å². The highest BCUT2D eigenvalue weighted by molar-refractivity contribution is 7.08. The molecule has 1 amide bonds. The molecule has 18 heavy (non-hydrogen) atoms. The quantitative estimate of drug-likeness (QED) is 0.835. The molecule has 94 valence electrons. The van der Waals surface area contributed by atoms with E-state index in [9.17, 15) is 4.79 Å². The SMILES string of the molecule is CCN(C(=O)OCc1ccccc1)c1ccsc1. The molecule has 0 aliphatic heterocycles. The van der Waals surface area contributed by atoms with Crippen LogP contribution in [-0.4, -0.2) is 12.6 Å². The lowest BCUT2D eigenvalue weighted by Gasteiger charge is -2.18. The zero-order chi connectivity index (χ0) is 12.8. The molecular weight excluding hydrogens is 246 g/mol. The zero-order valence-corrected chi connectivity index (χ0v) is 11.0. The predicted octanol–water partition coefficient (Wildman–Crippen LogP) is 3.91. The minimum atomic E-state index is -0.306. The fourth-order valence-electron chi connectivity index (χ4n) is 1.63. The van der Waals surface area contributed by atoms with Gasteiger partial charge >= 0.3 is 6.09 Å². The predicted molar refractivity (Wildman–Crippen MR) is 74.0 cm³/mol. The van der Waals surface area contributed by atoms with Gasteiger partial charge < -0.3 is 4.74 Å². The summed E-state index contributed by atoms with van der Waals surface area (Å²) < 4.78 is 5.30. The van der Waals surface area contributed by atoms with E-state index in [1.165, 1.54) is 0 Å². The molecule has 0 atom stereocenters. The van der Waals surface area contributed by atoms with E-state index in [1.807, 2.05) is 54.1 Å². The van der Waals surface area contributed by atoms with E-state index in [0.717, 1.165) is 11.3 Å². The van der Waals surface area contributed by atoms with Crippen molar-refractivity contribution in [2.24, 2.45) is 0 Å². The van der Waals surface area contributed by atoms with Gasteiger partial charge in [0.2, 0.25) is 0 Å². The zero-order valence-electron chi connectivity index (χ0n) is 10.2. The molecule has 0 N–H and O–H groups in total. The van der Waals surface area contributed by atoms with Gasteiger partial charge in [0, 0.05) is 11.9 Å². The lowest BCUT2D eigenvalue weighted by molar-refractivity contribution is 0.147. The van der Waals surface area contributed by atoms with Crippen LogP contribution < -0.4 is 4.90 Å². The van der Waals surface area contributed by atoms with Crippen molar-refractivity contribution in [2.75, 3.05) is 11.4 Å². The summed E-state index contributed by atoms with van der Waals surface area (Å²) in [7, 11) is 0. The Bertz CT molecular complexity index is 482. The highest BCUT2D eigenvalue weighted by atomic mass is 32.1. The summed E-state index contributed by atoms with van der Waals surface area (Å²) in [5.41, 5.74) is 1.88. The summed E-state index contributed by atoms with van der Waals surface area (Å²) in [5.74, 6) is 0. The molecule has 0 radical (unpaired) electrons. The highest BCUT2D eigenvalue weighted by Gasteiger charge is 2.15. The van der Waals surface area contributed by atoms with E-state index in [-0.39, 0.29) is 6.09 Å². The normalized spacial score (nSPS) is 10.1. The van der Waals surface area contributed by atoms with E-state index in [0.29, 0.717) is 13.2 Å². The number of ether oxygens (including phenoxy) is 1. The summed E-state index contributed by atoms with van der Waals surface area (Å²) in [6, 6.07) is 11.6. The van der Waals surface area contributed by atoms with Crippen LogP contribution in [0.2, 0.25) is 0 Å². The van der Waals surface area contributed by atoms with Gasteiger partial charge in [-0.2, -0.15) is 11.3 Å². The van der Waals surface area contributed by atoms with Crippen LogP contribution in [0.1, 0.15) is 12.5 Å². The molecule has 1 heterocycles. The first-order chi connectivity index (χ1) is 8.81. The average molecular weight is 261 g/mol. The number of carbonyl (C=O) groups is 1. The van der Waals surface area contributed by atoms with Gasteiger partial charge in [0.15, 0.2) is 0 Å². The van der Waals surface area contributed by atoms with Crippen molar-refractivity contribution >= 4 is 23.1 Å². The average Bonchev–Trinajstić information content (AvgIpc) is 2.92. The maximum atomic E-state index is 12.0. The van der Waals surface area contributed by atoms with Crippen LogP contribution in [0.5, 0.6) is 0 Å². The maximum absolute atomic E-state index is 12.0. The lowest BCUT2D eigenvalue weighted by atomic mass is 10.2. The van der Waals surface area contributed by atoms with E-state index in [2.05, 4.69) is 0 Å². The summed E-state index contributed by atoms with van der Waals surface area (Å²) in [6.07, 6.45) is -0.306. The van der Waals surface area contributed by atoms with Gasteiger partial charge in [-0.25, -0.2) is 4.79 Å². The Kier molecular flexibility index (Phi) is 4.36. The van der Waals surface area contributed by atoms with E-state index in [4.69, 9.17) is 4.74 Å². The third-order valence-electron chi connectivity index (χ3n) is 2.56. The molecule has 4 heteroatoms. The van der Waals surface area contributed by atoms with Crippen molar-refractivity contribution in [1.82, 2.24) is 0 Å². The van der Waals surface area contributed by atoms with Crippen LogP contribution in [0, 0.1) is 0 Å². The Morgan fingerprint density at radius 3 is 2.67 bits per heavy atom. The van der Waals surface area contributed by atoms with Crippen molar-refractivity contribution in [3.8, 4) is 0 Å². The molecule has 0 fully saturated rings. The van der Waals surface area contributed by atoms with Crippen LogP contribution in [0.4, 0.5) is 10.5 Å². The summed E-state index contributed by atoms with van der Waals surface area (Å²) >= 11 is 1.57. The molecule has 0 unspecified atom stereocenters. The molecule has 0 saturated carbocycles. The highest BCUT2D eigenvalue weighted by Crippen LogP contribution is 2.19. The lowest BCUT2D eigenvalue weighted by Crippen LogP contribution is -2.30. The first-order valence-electron chi connectivity index (χ1n) is 5.81. The standard InChI is InChI=1S/C14H15NO2S/c1-2-15(13-8-9-18-11-13)14(16)17-10-12-6-4-3-5-7-12/h3-9,11H,2,10H2,1H3. The van der Waals surface area contributed by atoms with Gasteiger partial charge in [0.05, 0.1) is 5.69 Å². The van der Waals surface area contributed by atoms with E-state index >= 15 is 0 Å². The number of amides is 1. The number of benzene rings is 1. The van der Waals surface area contributed by atoms with Crippen LogP contribution in [0.15, 0.2) is 47.2 Å². The molecule has 0 aliphatic rings. The number of thiophene rings is 1. The van der Waals surface area contributed by atoms with Crippen LogP contribution in [0.25, 0.3) is 0 Å². The Balaban J connectivity index is 1.95. The molecule has 1 aromatic heterocycles. The number of anilines is 1. The van der Waals surface area contributed by atoms with Gasteiger partial charge in [-0.3, -0.25) is 4.90 Å². The third kappa shape index (κ3) is 3.11. The number of rotatable bonds is 4. The van der Waals surface area contributed by atoms with Crippen LogP contribution in [-0.2, 0) is 11.3 Å². The van der Waals surface area contributed by atoms with Crippen molar-refractivity contribution in [2.45, 2.75) is 13.5 Å². The van der Waals surface area contributed by atoms with Gasteiger partial charge in [0.1, 0.15) is 6.61 Å². The number of carbonyl (C=O) groups excluding carboxylic acids is 1. The van der Waals surface area contributed by atoms with Crippen molar-refractivity contribution in [3.05, 3.63) is 52.7 Å². The second-order valence-corrected chi connectivity index (χ2v) is 4.55. The largest absolute Gasteiger partial charge is 0.444 e. The molecule has 0 bridgehead atoms. The Hall–Kier alpha value is -1.81. The van der Waals surface area contributed by atoms with Gasteiger partial charge in [-0.1, -0.05) is 30.3 Å². The van der Waals surface area contributed by atoms with Crippen molar-refractivity contribution in [1.29, 1.82) is 0 Å². The minimum absolute atomic E-state index is 0.306. The molecular formula is C14H15NO2S. The van der Waals surface area contributed by atoms with Crippen LogP contribution in [0.3, 0.4) is 0 Å². The Labute approximate surface area is 111 Å². The molecule has 2 rings (SSSR count). The molecule has 0 spiro atoms. The first kappa shape index (κ1) is 12.6. The third-order valence-corrected chi connectivity index (χ3v) is 3.23. The van der Waals surface area contributed by atoms with Gasteiger partial charge in [-0.05, 0) is 23.9 Å². The Morgan fingerprint density at radius 1 is 1.28 bits per heavy atom. The Morgan fingerprint density at radius 2 is 2.06 bits per heavy atom. The number of hydrogen-bond acceptors (Lipinski definition) is 3. The topological polar surface area (TPSA) is 29.5 Å². The molecule has 2 aromatic rings. The number of nitrogens with zero attached hydrogens (tertiary/aromatic N) is 1. The first-order valence-corrected chi connectivity index (χ1v) is 6.76. The summed E-state index contributed by atoms with van der Waals surface area (Å²) in [5, 5.41) is 3.88. The smallest absolute Gasteiger partial charge is 0.414 e. The van der Waals surface area contributed by atoms with E-state index < -0.39 is 0 Å². The van der Waals surface area contributed by atoms with Gasteiger partial charge in [-0.15, -0.1) is 0 Å².